The maximum atomic E-state index is 12.9. The summed E-state index contributed by atoms with van der Waals surface area (Å²) in [4.78, 5) is 51.2. The van der Waals surface area contributed by atoms with E-state index < -0.39 is 23.6 Å². The predicted molar refractivity (Wildman–Crippen MR) is 98.3 cm³/mol. The average Bonchev–Trinajstić information content (AvgIpc) is 3.16. The van der Waals surface area contributed by atoms with Crippen LogP contribution in [0, 0.1) is 0 Å². The van der Waals surface area contributed by atoms with Gasteiger partial charge in [-0.2, -0.15) is 0 Å². The van der Waals surface area contributed by atoms with Gasteiger partial charge in [0.2, 0.25) is 0 Å². The lowest BCUT2D eigenvalue weighted by atomic mass is 9.92. The number of amides is 2. The summed E-state index contributed by atoms with van der Waals surface area (Å²) < 4.78 is 6.39. The summed E-state index contributed by atoms with van der Waals surface area (Å²) in [5, 5.41) is 0. The van der Waals surface area contributed by atoms with Crippen LogP contribution in [0.3, 0.4) is 0 Å². The van der Waals surface area contributed by atoms with Gasteiger partial charge < -0.3 is 4.74 Å². The number of Topliss-reactive ketones (excluding diaryl/α,β-unsaturated/α-hetero) is 2. The minimum absolute atomic E-state index is 0.161. The van der Waals surface area contributed by atoms with Crippen LogP contribution in [0.4, 0.5) is 0 Å². The number of imide groups is 1. The first kappa shape index (κ1) is 17.9. The van der Waals surface area contributed by atoms with Crippen molar-refractivity contribution < 1.29 is 23.9 Å². The molecule has 1 aliphatic heterocycles. The van der Waals surface area contributed by atoms with Crippen LogP contribution < -0.4 is 4.74 Å². The maximum Gasteiger partial charge on any atom is 0.266 e. The zero-order chi connectivity index (χ0) is 19.1. The van der Waals surface area contributed by atoms with Crippen molar-refractivity contribution in [2.24, 2.45) is 0 Å². The number of ketones is 2. The first-order chi connectivity index (χ1) is 13.0. The first-order valence-electron chi connectivity index (χ1n) is 8.38. The number of rotatable bonds is 4. The Bertz CT molecular complexity index is 982. The number of ether oxygens (including phenoxy) is 1. The smallest absolute Gasteiger partial charge is 0.266 e. The molecule has 0 N–H and O–H groups in total. The SMILES string of the molecule is O=C1CCC(N2C(=O)c3cccc(OCc4ccc(Cl)s4)c3C2=O)C(=O)C1. The average molecular weight is 404 g/mol. The number of nitrogens with zero attached hydrogens (tertiary/aromatic N) is 1. The van der Waals surface area contributed by atoms with Crippen LogP contribution >= 0.6 is 22.9 Å². The molecule has 1 aromatic heterocycles. The first-order valence-corrected chi connectivity index (χ1v) is 9.57. The molecule has 1 aromatic carbocycles. The van der Waals surface area contributed by atoms with Crippen molar-refractivity contribution in [3.63, 3.8) is 0 Å². The van der Waals surface area contributed by atoms with Crippen molar-refractivity contribution in [3.05, 3.63) is 50.7 Å². The topological polar surface area (TPSA) is 80.8 Å². The highest BCUT2D eigenvalue weighted by atomic mass is 35.5. The van der Waals surface area contributed by atoms with Gasteiger partial charge in [-0.25, -0.2) is 0 Å². The maximum absolute atomic E-state index is 12.9. The highest BCUT2D eigenvalue weighted by molar-refractivity contribution is 7.16. The lowest BCUT2D eigenvalue weighted by Crippen LogP contribution is -2.47. The zero-order valence-electron chi connectivity index (χ0n) is 14.1. The standard InChI is InChI=1S/C19H14ClNO5S/c20-16-7-5-11(27-16)9-26-15-3-1-2-12-17(15)19(25)21(18(12)24)13-6-4-10(22)8-14(13)23/h1-3,5,7,13H,4,6,8-9H2. The number of halogens is 1. The molecule has 0 spiro atoms. The van der Waals surface area contributed by atoms with Crippen LogP contribution in [-0.4, -0.2) is 34.3 Å². The van der Waals surface area contributed by atoms with Gasteiger partial charge in [0.15, 0.2) is 5.78 Å². The molecule has 0 bridgehead atoms. The Morgan fingerprint density at radius 2 is 1.93 bits per heavy atom. The van der Waals surface area contributed by atoms with E-state index in [0.717, 1.165) is 9.78 Å². The third-order valence-corrected chi connectivity index (χ3v) is 5.86. The van der Waals surface area contributed by atoms with Gasteiger partial charge >= 0.3 is 0 Å². The minimum atomic E-state index is -0.890. The molecule has 138 valence electrons. The molecule has 2 aromatic rings. The van der Waals surface area contributed by atoms with Crippen LogP contribution in [0.2, 0.25) is 4.34 Å². The minimum Gasteiger partial charge on any atom is -0.487 e. The van der Waals surface area contributed by atoms with E-state index in [1.54, 1.807) is 24.3 Å². The molecule has 2 amide bonds. The van der Waals surface area contributed by atoms with Crippen LogP contribution in [-0.2, 0) is 16.2 Å². The Morgan fingerprint density at radius 1 is 1.11 bits per heavy atom. The number of hydrogen-bond acceptors (Lipinski definition) is 6. The van der Waals surface area contributed by atoms with E-state index in [2.05, 4.69) is 0 Å². The second-order valence-electron chi connectivity index (χ2n) is 6.39. The molecule has 8 heteroatoms. The predicted octanol–water partition coefficient (Wildman–Crippen LogP) is 3.27. The zero-order valence-corrected chi connectivity index (χ0v) is 15.6. The molecule has 0 saturated heterocycles. The largest absolute Gasteiger partial charge is 0.487 e. The van der Waals surface area contributed by atoms with Crippen LogP contribution in [0.15, 0.2) is 30.3 Å². The van der Waals surface area contributed by atoms with E-state index in [4.69, 9.17) is 16.3 Å². The van der Waals surface area contributed by atoms with E-state index >= 15 is 0 Å². The molecule has 4 rings (SSSR count). The van der Waals surface area contributed by atoms with Gasteiger partial charge in [0.05, 0.1) is 27.9 Å². The van der Waals surface area contributed by atoms with Crippen molar-refractivity contribution in [3.8, 4) is 5.75 Å². The molecular formula is C19H14ClNO5S. The molecule has 1 unspecified atom stereocenters. The molecule has 0 radical (unpaired) electrons. The number of carbonyl (C=O) groups is 4. The number of hydrogen-bond donors (Lipinski definition) is 0. The van der Waals surface area contributed by atoms with Gasteiger partial charge in [0.1, 0.15) is 18.1 Å². The van der Waals surface area contributed by atoms with Crippen molar-refractivity contribution in [1.82, 2.24) is 4.90 Å². The Morgan fingerprint density at radius 3 is 2.63 bits per heavy atom. The lowest BCUT2D eigenvalue weighted by Gasteiger charge is -2.27. The molecule has 1 saturated carbocycles. The van der Waals surface area contributed by atoms with Crippen LogP contribution in [0.1, 0.15) is 44.9 Å². The summed E-state index contributed by atoms with van der Waals surface area (Å²) in [6.45, 7) is 0.214. The number of fused-ring (bicyclic) bond motifs is 1. The van der Waals surface area contributed by atoms with E-state index in [1.807, 2.05) is 6.07 Å². The second kappa shape index (κ2) is 6.90. The normalized spacial score (nSPS) is 19.6. The second-order valence-corrected chi connectivity index (χ2v) is 8.19. The van der Waals surface area contributed by atoms with E-state index in [9.17, 15) is 19.2 Å². The number of thiophene rings is 1. The van der Waals surface area contributed by atoms with Gasteiger partial charge in [-0.15, -0.1) is 11.3 Å². The third-order valence-electron chi connectivity index (χ3n) is 4.66. The fourth-order valence-corrected chi connectivity index (χ4v) is 4.39. The van der Waals surface area contributed by atoms with Crippen molar-refractivity contribution in [2.45, 2.75) is 31.9 Å². The summed E-state index contributed by atoms with van der Waals surface area (Å²) in [5.41, 5.74) is 0.376. The fraction of sp³-hybridized carbons (Fsp3) is 0.263. The summed E-state index contributed by atoms with van der Waals surface area (Å²) in [5.74, 6) is -1.34. The molecule has 2 heterocycles. The van der Waals surface area contributed by atoms with Crippen molar-refractivity contribution in [1.29, 1.82) is 0 Å². The Hall–Kier alpha value is -2.51. The molecule has 1 fully saturated rings. The van der Waals surface area contributed by atoms with Gasteiger partial charge in [0, 0.05) is 11.3 Å². The van der Waals surface area contributed by atoms with Crippen LogP contribution in [0.25, 0.3) is 0 Å². The van der Waals surface area contributed by atoms with Gasteiger partial charge in [0.25, 0.3) is 11.8 Å². The van der Waals surface area contributed by atoms with Gasteiger partial charge in [-0.05, 0) is 30.7 Å². The quantitative estimate of drug-likeness (QED) is 0.578. The Balaban J connectivity index is 1.61. The van der Waals surface area contributed by atoms with Gasteiger partial charge in [-0.3, -0.25) is 24.1 Å². The summed E-state index contributed by atoms with van der Waals surface area (Å²) in [6.07, 6.45) is 0.125. The van der Waals surface area contributed by atoms with Gasteiger partial charge in [-0.1, -0.05) is 17.7 Å². The molecule has 1 aliphatic carbocycles. The monoisotopic (exact) mass is 403 g/mol. The Labute approximate surface area is 163 Å². The van der Waals surface area contributed by atoms with E-state index in [1.165, 1.54) is 11.3 Å². The Kier molecular flexibility index (Phi) is 4.57. The molecule has 6 nitrogen and oxygen atoms in total. The number of carbonyl (C=O) groups excluding carboxylic acids is 4. The van der Waals surface area contributed by atoms with Crippen molar-refractivity contribution in [2.75, 3.05) is 0 Å². The fourth-order valence-electron chi connectivity index (χ4n) is 3.39. The van der Waals surface area contributed by atoms with Crippen molar-refractivity contribution >= 4 is 46.3 Å². The number of benzene rings is 1. The molecule has 27 heavy (non-hydrogen) atoms. The van der Waals surface area contributed by atoms with E-state index in [0.29, 0.717) is 4.34 Å². The summed E-state index contributed by atoms with van der Waals surface area (Å²) >= 11 is 7.28. The van der Waals surface area contributed by atoms with E-state index in [-0.39, 0.29) is 48.5 Å². The highest BCUT2D eigenvalue weighted by Crippen LogP contribution is 2.35. The summed E-state index contributed by atoms with van der Waals surface area (Å²) in [7, 11) is 0. The molecular weight excluding hydrogens is 390 g/mol. The molecule has 2 aliphatic rings. The summed E-state index contributed by atoms with van der Waals surface area (Å²) in [6, 6.07) is 7.49. The lowest BCUT2D eigenvalue weighted by molar-refractivity contribution is -0.132. The van der Waals surface area contributed by atoms with Crippen LogP contribution in [0.5, 0.6) is 5.75 Å². The third kappa shape index (κ3) is 3.17. The highest BCUT2D eigenvalue weighted by Gasteiger charge is 2.45. The molecule has 1 atom stereocenters.